The Bertz CT molecular complexity index is 944. The molecule has 0 radical (unpaired) electrons. The van der Waals surface area contributed by atoms with Crippen LogP contribution in [-0.2, 0) is 24.8 Å². The SMILES string of the molecule is Cn1cc(CN=C(NCCc2ccco2)NCC2CCCCO2)c(-c2ccccc2)n1. The Hall–Kier alpha value is -3.06. The molecule has 4 rings (SSSR count). The number of aliphatic imine (C=N–C) groups is 1. The van der Waals surface area contributed by atoms with Gasteiger partial charge in [-0.05, 0) is 31.4 Å². The zero-order chi connectivity index (χ0) is 21.3. The first kappa shape index (κ1) is 21.2. The van der Waals surface area contributed by atoms with E-state index < -0.39 is 0 Å². The number of hydrogen-bond donors (Lipinski definition) is 2. The van der Waals surface area contributed by atoms with Gasteiger partial charge in [-0.2, -0.15) is 5.10 Å². The van der Waals surface area contributed by atoms with E-state index in [4.69, 9.17) is 14.1 Å². The van der Waals surface area contributed by atoms with E-state index in [1.54, 1.807) is 6.26 Å². The zero-order valence-electron chi connectivity index (χ0n) is 18.1. The fraction of sp³-hybridized carbons (Fsp3) is 0.417. The van der Waals surface area contributed by atoms with E-state index in [0.717, 1.165) is 67.5 Å². The van der Waals surface area contributed by atoms with Crippen molar-refractivity contribution in [1.82, 2.24) is 20.4 Å². The third-order valence-electron chi connectivity index (χ3n) is 5.37. The molecule has 1 saturated heterocycles. The third-order valence-corrected chi connectivity index (χ3v) is 5.37. The lowest BCUT2D eigenvalue weighted by Gasteiger charge is -2.23. The predicted octanol–water partition coefficient (Wildman–Crippen LogP) is 3.53. The number of aromatic nitrogens is 2. The second-order valence-electron chi connectivity index (χ2n) is 7.83. The van der Waals surface area contributed by atoms with Gasteiger partial charge in [0.25, 0.3) is 0 Å². The summed E-state index contributed by atoms with van der Waals surface area (Å²) < 4.78 is 13.1. The summed E-state index contributed by atoms with van der Waals surface area (Å²) in [5.74, 6) is 1.74. The van der Waals surface area contributed by atoms with Crippen molar-refractivity contribution < 1.29 is 9.15 Å². The van der Waals surface area contributed by atoms with Crippen LogP contribution in [0, 0.1) is 0 Å². The van der Waals surface area contributed by atoms with E-state index in [-0.39, 0.29) is 6.10 Å². The summed E-state index contributed by atoms with van der Waals surface area (Å²) in [6.45, 7) is 2.88. The van der Waals surface area contributed by atoms with E-state index >= 15 is 0 Å². The number of nitrogens with one attached hydrogen (secondary N) is 2. The molecule has 0 spiro atoms. The molecular formula is C24H31N5O2. The molecule has 1 unspecified atom stereocenters. The van der Waals surface area contributed by atoms with Gasteiger partial charge in [-0.15, -0.1) is 0 Å². The van der Waals surface area contributed by atoms with Crippen molar-refractivity contribution in [2.75, 3.05) is 19.7 Å². The summed E-state index contributed by atoms with van der Waals surface area (Å²) in [4.78, 5) is 4.85. The van der Waals surface area contributed by atoms with Gasteiger partial charge >= 0.3 is 0 Å². The van der Waals surface area contributed by atoms with Gasteiger partial charge in [0.2, 0.25) is 0 Å². The van der Waals surface area contributed by atoms with Crippen molar-refractivity contribution >= 4 is 5.96 Å². The Morgan fingerprint density at radius 3 is 2.84 bits per heavy atom. The molecule has 3 aromatic rings. The maximum absolute atomic E-state index is 5.86. The van der Waals surface area contributed by atoms with Gasteiger partial charge in [0.05, 0.1) is 24.6 Å². The number of rotatable bonds is 8. The molecule has 0 bridgehead atoms. The maximum Gasteiger partial charge on any atom is 0.191 e. The number of furan rings is 1. The van der Waals surface area contributed by atoms with Crippen LogP contribution in [-0.4, -0.2) is 41.5 Å². The Kier molecular flexibility index (Phi) is 7.39. The molecule has 0 aliphatic carbocycles. The highest BCUT2D eigenvalue weighted by Crippen LogP contribution is 2.22. The molecule has 1 atom stereocenters. The number of aryl methyl sites for hydroxylation is 1. The number of nitrogens with zero attached hydrogens (tertiary/aromatic N) is 3. The number of guanidine groups is 1. The van der Waals surface area contributed by atoms with Gasteiger partial charge in [-0.25, -0.2) is 4.99 Å². The minimum absolute atomic E-state index is 0.240. The molecule has 0 saturated carbocycles. The van der Waals surface area contributed by atoms with E-state index in [2.05, 4.69) is 27.9 Å². The molecule has 1 aromatic carbocycles. The molecule has 7 heteroatoms. The summed E-state index contributed by atoms with van der Waals surface area (Å²) in [5, 5.41) is 11.5. The first-order chi connectivity index (χ1) is 15.3. The first-order valence-electron chi connectivity index (χ1n) is 11.0. The van der Waals surface area contributed by atoms with Crippen molar-refractivity contribution in [2.45, 2.75) is 38.3 Å². The highest BCUT2D eigenvalue weighted by molar-refractivity contribution is 5.80. The summed E-state index contributed by atoms with van der Waals surface area (Å²) in [6, 6.07) is 14.1. The maximum atomic E-state index is 5.86. The lowest BCUT2D eigenvalue weighted by molar-refractivity contribution is 0.0194. The topological polar surface area (TPSA) is 76.6 Å². The molecule has 164 valence electrons. The summed E-state index contributed by atoms with van der Waals surface area (Å²) >= 11 is 0. The largest absolute Gasteiger partial charge is 0.469 e. The summed E-state index contributed by atoms with van der Waals surface area (Å²) in [6.07, 6.45) is 8.25. The molecule has 0 amide bonds. The first-order valence-corrected chi connectivity index (χ1v) is 11.0. The van der Waals surface area contributed by atoms with Crippen LogP contribution in [0.5, 0.6) is 0 Å². The van der Waals surface area contributed by atoms with Crippen molar-refractivity contribution in [1.29, 1.82) is 0 Å². The van der Waals surface area contributed by atoms with Gasteiger partial charge in [0, 0.05) is 50.5 Å². The molecule has 2 aromatic heterocycles. The van der Waals surface area contributed by atoms with E-state index in [1.165, 1.54) is 6.42 Å². The van der Waals surface area contributed by atoms with Crippen molar-refractivity contribution in [3.8, 4) is 11.3 Å². The molecule has 3 heterocycles. The van der Waals surface area contributed by atoms with Crippen LogP contribution in [0.15, 0.2) is 64.3 Å². The Morgan fingerprint density at radius 1 is 1.16 bits per heavy atom. The highest BCUT2D eigenvalue weighted by atomic mass is 16.5. The van der Waals surface area contributed by atoms with Crippen molar-refractivity contribution in [2.24, 2.45) is 12.0 Å². The average Bonchev–Trinajstić information content (AvgIpc) is 3.46. The fourth-order valence-electron chi connectivity index (χ4n) is 3.77. The van der Waals surface area contributed by atoms with Crippen LogP contribution in [0.1, 0.15) is 30.6 Å². The average molecular weight is 422 g/mol. The minimum atomic E-state index is 0.240. The van der Waals surface area contributed by atoms with Crippen molar-refractivity contribution in [3.05, 3.63) is 66.2 Å². The van der Waals surface area contributed by atoms with E-state index in [1.807, 2.05) is 48.3 Å². The second kappa shape index (κ2) is 10.8. The van der Waals surface area contributed by atoms with Crippen LogP contribution in [0.4, 0.5) is 0 Å². The van der Waals surface area contributed by atoms with Gasteiger partial charge in [0.1, 0.15) is 5.76 Å². The smallest absolute Gasteiger partial charge is 0.191 e. The third kappa shape index (κ3) is 6.21. The van der Waals surface area contributed by atoms with Crippen LogP contribution in [0.2, 0.25) is 0 Å². The van der Waals surface area contributed by atoms with Crippen LogP contribution in [0.25, 0.3) is 11.3 Å². The summed E-state index contributed by atoms with van der Waals surface area (Å²) in [7, 11) is 1.95. The highest BCUT2D eigenvalue weighted by Gasteiger charge is 2.15. The Balaban J connectivity index is 1.43. The molecule has 2 N–H and O–H groups in total. The van der Waals surface area contributed by atoms with Crippen LogP contribution in [0.3, 0.4) is 0 Å². The Labute approximate surface area is 183 Å². The zero-order valence-corrected chi connectivity index (χ0v) is 18.1. The summed E-state index contributed by atoms with van der Waals surface area (Å²) in [5.41, 5.74) is 3.16. The van der Waals surface area contributed by atoms with Gasteiger partial charge in [0.15, 0.2) is 5.96 Å². The minimum Gasteiger partial charge on any atom is -0.469 e. The normalized spacial score (nSPS) is 16.9. The van der Waals surface area contributed by atoms with Gasteiger partial charge in [-0.1, -0.05) is 30.3 Å². The van der Waals surface area contributed by atoms with E-state index in [9.17, 15) is 0 Å². The lowest BCUT2D eigenvalue weighted by Crippen LogP contribution is -2.43. The standard InChI is InChI=1S/C24H31N5O2/c1-29-18-20(23(28-29)19-8-3-2-4-9-19)16-26-24(25-13-12-21-11-7-15-30-21)27-17-22-10-5-6-14-31-22/h2-4,7-9,11,15,18,22H,5-6,10,12-14,16-17H2,1H3,(H2,25,26,27). The quantitative estimate of drug-likeness (QED) is 0.430. The van der Waals surface area contributed by atoms with Crippen LogP contribution < -0.4 is 10.6 Å². The van der Waals surface area contributed by atoms with Crippen LogP contribution >= 0.6 is 0 Å². The molecule has 1 aliphatic rings. The van der Waals surface area contributed by atoms with Gasteiger partial charge < -0.3 is 19.8 Å². The molecule has 1 fully saturated rings. The van der Waals surface area contributed by atoms with Gasteiger partial charge in [-0.3, -0.25) is 4.68 Å². The molecular weight excluding hydrogens is 390 g/mol. The van der Waals surface area contributed by atoms with Crippen molar-refractivity contribution in [3.63, 3.8) is 0 Å². The lowest BCUT2D eigenvalue weighted by atomic mass is 10.1. The Morgan fingerprint density at radius 2 is 2.06 bits per heavy atom. The van der Waals surface area contributed by atoms with E-state index in [0.29, 0.717) is 6.54 Å². The number of hydrogen-bond acceptors (Lipinski definition) is 4. The monoisotopic (exact) mass is 421 g/mol. The fourth-order valence-corrected chi connectivity index (χ4v) is 3.77. The second-order valence-corrected chi connectivity index (χ2v) is 7.83. The molecule has 1 aliphatic heterocycles. The molecule has 7 nitrogen and oxygen atoms in total. The molecule has 31 heavy (non-hydrogen) atoms. The predicted molar refractivity (Wildman–Crippen MR) is 122 cm³/mol. The number of ether oxygens (including phenoxy) is 1. The number of benzene rings is 1.